The maximum atomic E-state index is 12.8. The number of benzene rings is 1. The average molecular weight is 315 g/mol. The monoisotopic (exact) mass is 315 g/mol. The Labute approximate surface area is 125 Å². The fourth-order valence-electron chi connectivity index (χ4n) is 2.87. The molecule has 2 heterocycles. The van der Waals surface area contributed by atoms with Crippen molar-refractivity contribution in [3.63, 3.8) is 0 Å². The van der Waals surface area contributed by atoms with E-state index in [9.17, 15) is 23.1 Å². The summed E-state index contributed by atoms with van der Waals surface area (Å²) in [5.41, 5.74) is -1.30. The topological polar surface area (TPSA) is 49.8 Å². The number of hydrogen-bond acceptors (Lipinski definition) is 3. The first-order valence-corrected chi connectivity index (χ1v) is 7.14. The van der Waals surface area contributed by atoms with E-state index in [4.69, 9.17) is 4.74 Å². The van der Waals surface area contributed by atoms with Crippen molar-refractivity contribution in [3.05, 3.63) is 29.3 Å². The molecule has 1 amide bonds. The van der Waals surface area contributed by atoms with Crippen molar-refractivity contribution in [1.82, 2.24) is 4.90 Å². The van der Waals surface area contributed by atoms with Gasteiger partial charge in [-0.25, -0.2) is 0 Å². The standard InChI is InChI=1S/C15H16F3NO3/c16-15(17,18)14(21)4-6-19(7-5-14)13(20)11-1-2-12-10(9-11)3-8-22-12/h1-2,9,21H,3-8H2. The molecular weight excluding hydrogens is 299 g/mol. The highest BCUT2D eigenvalue weighted by molar-refractivity contribution is 5.94. The SMILES string of the molecule is O=C(c1ccc2c(c1)CCO2)N1CCC(O)(C(F)(F)F)CC1. The van der Waals surface area contributed by atoms with Gasteiger partial charge in [-0.15, -0.1) is 0 Å². The molecule has 2 aliphatic rings. The summed E-state index contributed by atoms with van der Waals surface area (Å²) in [7, 11) is 0. The van der Waals surface area contributed by atoms with Gasteiger partial charge in [-0.1, -0.05) is 0 Å². The Morgan fingerprint density at radius 1 is 1.27 bits per heavy atom. The molecule has 0 radical (unpaired) electrons. The summed E-state index contributed by atoms with van der Waals surface area (Å²) in [6.45, 7) is 0.361. The van der Waals surface area contributed by atoms with Crippen LogP contribution in [0.5, 0.6) is 5.75 Å². The molecule has 0 aromatic heterocycles. The minimum absolute atomic E-state index is 0.109. The lowest BCUT2D eigenvalue weighted by Crippen LogP contribution is -2.54. The van der Waals surface area contributed by atoms with E-state index in [0.29, 0.717) is 12.2 Å². The van der Waals surface area contributed by atoms with Crippen LogP contribution in [0.1, 0.15) is 28.8 Å². The Bertz CT molecular complexity index is 592. The Hall–Kier alpha value is -1.76. The Kier molecular flexibility index (Phi) is 3.55. The predicted molar refractivity (Wildman–Crippen MR) is 71.8 cm³/mol. The van der Waals surface area contributed by atoms with Crippen LogP contribution in [0.3, 0.4) is 0 Å². The van der Waals surface area contributed by atoms with E-state index < -0.39 is 24.6 Å². The second-order valence-corrected chi connectivity index (χ2v) is 5.74. The minimum Gasteiger partial charge on any atom is -0.493 e. The number of aliphatic hydroxyl groups is 1. The number of rotatable bonds is 1. The second kappa shape index (κ2) is 5.15. The molecule has 1 N–H and O–H groups in total. The molecule has 4 nitrogen and oxygen atoms in total. The molecule has 0 aliphatic carbocycles. The van der Waals surface area contributed by atoms with Crippen molar-refractivity contribution < 1.29 is 27.8 Å². The minimum atomic E-state index is -4.66. The molecule has 0 saturated carbocycles. The molecule has 1 saturated heterocycles. The Morgan fingerprint density at radius 3 is 2.59 bits per heavy atom. The molecule has 0 atom stereocenters. The van der Waals surface area contributed by atoms with Crippen LogP contribution in [-0.4, -0.2) is 47.4 Å². The lowest BCUT2D eigenvalue weighted by Gasteiger charge is -2.39. The highest BCUT2D eigenvalue weighted by Gasteiger charge is 2.54. The molecule has 120 valence electrons. The fourth-order valence-corrected chi connectivity index (χ4v) is 2.87. The van der Waals surface area contributed by atoms with Gasteiger partial charge in [-0.3, -0.25) is 4.79 Å². The summed E-state index contributed by atoms with van der Waals surface area (Å²) in [5, 5.41) is 9.63. The summed E-state index contributed by atoms with van der Waals surface area (Å²) in [5.74, 6) is 0.445. The quantitative estimate of drug-likeness (QED) is 0.864. The van der Waals surface area contributed by atoms with E-state index >= 15 is 0 Å². The maximum absolute atomic E-state index is 12.8. The normalized spacial score (nSPS) is 20.5. The van der Waals surface area contributed by atoms with Crippen LogP contribution in [0, 0.1) is 0 Å². The number of halogens is 3. The molecule has 22 heavy (non-hydrogen) atoms. The van der Waals surface area contributed by atoms with E-state index in [0.717, 1.165) is 17.7 Å². The van der Waals surface area contributed by atoms with Gasteiger partial charge in [-0.05, 0) is 23.8 Å². The van der Waals surface area contributed by atoms with Crippen molar-refractivity contribution >= 4 is 5.91 Å². The largest absolute Gasteiger partial charge is 0.493 e. The van der Waals surface area contributed by atoms with E-state index in [1.54, 1.807) is 18.2 Å². The number of carbonyl (C=O) groups is 1. The number of likely N-dealkylation sites (tertiary alicyclic amines) is 1. The summed E-state index contributed by atoms with van der Waals surface area (Å²) < 4.78 is 43.6. The molecule has 2 aliphatic heterocycles. The first-order valence-electron chi connectivity index (χ1n) is 7.14. The maximum Gasteiger partial charge on any atom is 0.417 e. The third kappa shape index (κ3) is 2.54. The van der Waals surface area contributed by atoms with Crippen molar-refractivity contribution in [2.45, 2.75) is 31.0 Å². The van der Waals surface area contributed by atoms with Crippen LogP contribution < -0.4 is 4.74 Å². The molecule has 3 rings (SSSR count). The van der Waals surface area contributed by atoms with E-state index in [2.05, 4.69) is 0 Å². The van der Waals surface area contributed by atoms with Gasteiger partial charge < -0.3 is 14.7 Å². The fraction of sp³-hybridized carbons (Fsp3) is 0.533. The van der Waals surface area contributed by atoms with Crippen LogP contribution in [0.2, 0.25) is 0 Å². The predicted octanol–water partition coefficient (Wildman–Crippen LogP) is 2.15. The highest BCUT2D eigenvalue weighted by atomic mass is 19.4. The highest BCUT2D eigenvalue weighted by Crippen LogP contribution is 2.38. The zero-order chi connectivity index (χ0) is 16.0. The van der Waals surface area contributed by atoms with E-state index in [-0.39, 0.29) is 19.0 Å². The molecule has 0 unspecified atom stereocenters. The number of ether oxygens (including phenoxy) is 1. The van der Waals surface area contributed by atoms with Gasteiger partial charge in [0.05, 0.1) is 6.61 Å². The van der Waals surface area contributed by atoms with Crippen LogP contribution in [0.25, 0.3) is 0 Å². The number of nitrogens with zero attached hydrogens (tertiary/aromatic N) is 1. The summed E-state index contributed by atoms with van der Waals surface area (Å²) in [4.78, 5) is 13.7. The zero-order valence-electron chi connectivity index (χ0n) is 11.8. The van der Waals surface area contributed by atoms with Gasteiger partial charge in [0.25, 0.3) is 5.91 Å². The zero-order valence-corrected chi connectivity index (χ0v) is 11.8. The first kappa shape index (κ1) is 15.1. The third-order valence-corrected chi connectivity index (χ3v) is 4.34. The Balaban J connectivity index is 1.70. The van der Waals surface area contributed by atoms with Crippen molar-refractivity contribution in [2.75, 3.05) is 19.7 Å². The number of hydrogen-bond donors (Lipinski definition) is 1. The van der Waals surface area contributed by atoms with Crippen LogP contribution in [-0.2, 0) is 6.42 Å². The second-order valence-electron chi connectivity index (χ2n) is 5.74. The molecular formula is C15H16F3NO3. The van der Waals surface area contributed by atoms with E-state index in [1.807, 2.05) is 0 Å². The van der Waals surface area contributed by atoms with Crippen LogP contribution in [0.4, 0.5) is 13.2 Å². The van der Waals surface area contributed by atoms with Crippen molar-refractivity contribution in [1.29, 1.82) is 0 Å². The van der Waals surface area contributed by atoms with Crippen molar-refractivity contribution in [2.24, 2.45) is 0 Å². The third-order valence-electron chi connectivity index (χ3n) is 4.34. The number of fused-ring (bicyclic) bond motifs is 1. The first-order chi connectivity index (χ1) is 10.3. The lowest BCUT2D eigenvalue weighted by atomic mass is 9.90. The van der Waals surface area contributed by atoms with Gasteiger partial charge >= 0.3 is 6.18 Å². The average Bonchev–Trinajstić information content (AvgIpc) is 2.93. The van der Waals surface area contributed by atoms with Gasteiger partial charge in [0.2, 0.25) is 0 Å². The van der Waals surface area contributed by atoms with Crippen LogP contribution >= 0.6 is 0 Å². The molecule has 0 bridgehead atoms. The Morgan fingerprint density at radius 2 is 1.95 bits per heavy atom. The van der Waals surface area contributed by atoms with Gasteiger partial charge in [0.15, 0.2) is 5.60 Å². The number of alkyl halides is 3. The van der Waals surface area contributed by atoms with E-state index in [1.165, 1.54) is 4.90 Å². The molecule has 1 aromatic rings. The molecule has 1 fully saturated rings. The lowest BCUT2D eigenvalue weighted by molar-refractivity contribution is -0.271. The van der Waals surface area contributed by atoms with Gasteiger partial charge in [0.1, 0.15) is 5.75 Å². The molecule has 1 aromatic carbocycles. The van der Waals surface area contributed by atoms with Crippen molar-refractivity contribution in [3.8, 4) is 5.75 Å². The van der Waals surface area contributed by atoms with Gasteiger partial charge in [-0.2, -0.15) is 13.2 Å². The van der Waals surface area contributed by atoms with Gasteiger partial charge in [0, 0.05) is 37.9 Å². The smallest absolute Gasteiger partial charge is 0.417 e. The number of piperidine rings is 1. The number of amides is 1. The summed E-state index contributed by atoms with van der Waals surface area (Å²) in [6, 6.07) is 5.07. The summed E-state index contributed by atoms with van der Waals surface area (Å²) >= 11 is 0. The summed E-state index contributed by atoms with van der Waals surface area (Å²) in [6.07, 6.45) is -4.91. The number of carbonyl (C=O) groups excluding carboxylic acids is 1. The molecule has 7 heteroatoms. The molecule has 0 spiro atoms. The van der Waals surface area contributed by atoms with Crippen LogP contribution in [0.15, 0.2) is 18.2 Å².